The highest BCUT2D eigenvalue weighted by atomic mass is 16.5. The largest absolute Gasteiger partial charge is 0.493 e. The summed E-state index contributed by atoms with van der Waals surface area (Å²) in [6.45, 7) is 1.02. The van der Waals surface area contributed by atoms with Crippen molar-refractivity contribution in [3.8, 4) is 5.75 Å². The smallest absolute Gasteiger partial charge is 0.176 e. The molecule has 1 heterocycles. The molecule has 1 unspecified atom stereocenters. The Kier molecular flexibility index (Phi) is 4.79. The minimum atomic E-state index is -0.0971. The number of para-hydroxylation sites is 1. The molecule has 2 N–H and O–H groups in total. The molecule has 19 heavy (non-hydrogen) atoms. The van der Waals surface area contributed by atoms with Gasteiger partial charge in [0.25, 0.3) is 0 Å². The van der Waals surface area contributed by atoms with Gasteiger partial charge in [-0.15, -0.1) is 0 Å². The second-order valence-electron chi connectivity index (χ2n) is 4.31. The zero-order chi connectivity index (χ0) is 13.7. The summed E-state index contributed by atoms with van der Waals surface area (Å²) in [5.74, 6) is 1.52. The lowest BCUT2D eigenvalue weighted by molar-refractivity contribution is 0.127. The van der Waals surface area contributed by atoms with E-state index in [4.69, 9.17) is 19.0 Å². The Balaban J connectivity index is 2.09. The zero-order valence-corrected chi connectivity index (χ0v) is 11.2. The van der Waals surface area contributed by atoms with Crippen molar-refractivity contribution in [2.45, 2.75) is 12.6 Å². The van der Waals surface area contributed by atoms with Crippen LogP contribution >= 0.6 is 0 Å². The lowest BCUT2D eigenvalue weighted by atomic mass is 10.2. The Morgan fingerprint density at radius 2 is 2.21 bits per heavy atom. The summed E-state index contributed by atoms with van der Waals surface area (Å²) >= 11 is 0. The van der Waals surface area contributed by atoms with E-state index in [2.05, 4.69) is 5.32 Å². The molecule has 0 aliphatic carbocycles. The average molecular weight is 265 g/mol. The third-order valence-electron chi connectivity index (χ3n) is 2.93. The molecule has 1 aromatic carbocycles. The first kappa shape index (κ1) is 13.9. The normalized spacial score (nSPS) is 12.8. The monoisotopic (exact) mass is 265 g/mol. The molecule has 0 aliphatic rings. The van der Waals surface area contributed by atoms with Crippen LogP contribution in [0.5, 0.6) is 5.75 Å². The van der Waals surface area contributed by atoms with E-state index in [1.807, 2.05) is 24.3 Å². The summed E-state index contributed by atoms with van der Waals surface area (Å²) in [4.78, 5) is 0. The van der Waals surface area contributed by atoms with Gasteiger partial charge >= 0.3 is 0 Å². The van der Waals surface area contributed by atoms with Crippen molar-refractivity contribution >= 4 is 11.0 Å². The molecule has 5 nitrogen and oxygen atoms in total. The van der Waals surface area contributed by atoms with Crippen LogP contribution in [0.4, 0.5) is 0 Å². The second kappa shape index (κ2) is 6.56. The number of hydrogen-bond donors (Lipinski definition) is 2. The number of methoxy groups -OCH3 is 2. The maximum absolute atomic E-state index is 9.16. The van der Waals surface area contributed by atoms with Gasteiger partial charge in [-0.05, 0) is 12.1 Å². The number of aliphatic hydroxyl groups is 1. The van der Waals surface area contributed by atoms with Crippen molar-refractivity contribution < 1.29 is 19.0 Å². The first-order valence-corrected chi connectivity index (χ1v) is 6.17. The molecule has 0 spiro atoms. The predicted molar refractivity (Wildman–Crippen MR) is 72.4 cm³/mol. The molecule has 1 atom stereocenters. The number of ether oxygens (including phenoxy) is 2. The molecule has 2 aromatic rings. The van der Waals surface area contributed by atoms with Gasteiger partial charge in [0, 0.05) is 12.5 Å². The van der Waals surface area contributed by atoms with E-state index in [0.717, 1.165) is 22.5 Å². The van der Waals surface area contributed by atoms with Crippen LogP contribution in [0, 0.1) is 0 Å². The van der Waals surface area contributed by atoms with Gasteiger partial charge in [-0.2, -0.15) is 0 Å². The van der Waals surface area contributed by atoms with Crippen LogP contribution in [0.15, 0.2) is 28.7 Å². The van der Waals surface area contributed by atoms with E-state index < -0.39 is 0 Å². The van der Waals surface area contributed by atoms with E-state index in [1.54, 1.807) is 14.2 Å². The number of furan rings is 1. The molecule has 104 valence electrons. The highest BCUT2D eigenvalue weighted by molar-refractivity contribution is 5.83. The highest BCUT2D eigenvalue weighted by Gasteiger charge is 2.11. The lowest BCUT2D eigenvalue weighted by Crippen LogP contribution is -2.35. The van der Waals surface area contributed by atoms with Crippen molar-refractivity contribution in [3.05, 3.63) is 30.0 Å². The van der Waals surface area contributed by atoms with Gasteiger partial charge < -0.3 is 24.3 Å². The minimum absolute atomic E-state index is 0.0252. The Morgan fingerprint density at radius 1 is 1.37 bits per heavy atom. The van der Waals surface area contributed by atoms with E-state index in [9.17, 15) is 0 Å². The third kappa shape index (κ3) is 3.26. The van der Waals surface area contributed by atoms with Crippen LogP contribution in [0.3, 0.4) is 0 Å². The molecule has 0 radical (unpaired) electrons. The fourth-order valence-corrected chi connectivity index (χ4v) is 1.96. The van der Waals surface area contributed by atoms with E-state index in [0.29, 0.717) is 13.2 Å². The van der Waals surface area contributed by atoms with Gasteiger partial charge in [0.1, 0.15) is 5.76 Å². The number of fused-ring (bicyclic) bond motifs is 1. The number of benzene rings is 1. The van der Waals surface area contributed by atoms with Crippen LogP contribution in [0.25, 0.3) is 11.0 Å². The van der Waals surface area contributed by atoms with Crippen molar-refractivity contribution in [3.63, 3.8) is 0 Å². The van der Waals surface area contributed by atoms with Gasteiger partial charge in [0.15, 0.2) is 11.3 Å². The topological polar surface area (TPSA) is 63.9 Å². The van der Waals surface area contributed by atoms with E-state index in [1.165, 1.54) is 0 Å². The SMILES string of the molecule is COCC(CO)NCc1cc2cccc(OC)c2o1. The molecule has 1 aromatic heterocycles. The van der Waals surface area contributed by atoms with Crippen molar-refractivity contribution in [2.24, 2.45) is 0 Å². The maximum atomic E-state index is 9.16. The summed E-state index contributed by atoms with van der Waals surface area (Å²) in [5.41, 5.74) is 0.745. The molecule has 0 saturated carbocycles. The lowest BCUT2D eigenvalue weighted by Gasteiger charge is -2.13. The Labute approximate surface area is 112 Å². The van der Waals surface area contributed by atoms with Gasteiger partial charge in [-0.1, -0.05) is 12.1 Å². The Bertz CT molecular complexity index is 523. The van der Waals surface area contributed by atoms with E-state index in [-0.39, 0.29) is 12.6 Å². The highest BCUT2D eigenvalue weighted by Crippen LogP contribution is 2.28. The van der Waals surface area contributed by atoms with Gasteiger partial charge in [-0.3, -0.25) is 0 Å². The molecule has 2 rings (SSSR count). The molecule has 0 fully saturated rings. The number of rotatable bonds is 7. The number of hydrogen-bond acceptors (Lipinski definition) is 5. The van der Waals surface area contributed by atoms with Crippen LogP contribution in [0.1, 0.15) is 5.76 Å². The van der Waals surface area contributed by atoms with Crippen molar-refractivity contribution in [1.29, 1.82) is 0 Å². The maximum Gasteiger partial charge on any atom is 0.176 e. The molecule has 0 amide bonds. The third-order valence-corrected chi connectivity index (χ3v) is 2.93. The molecular weight excluding hydrogens is 246 g/mol. The average Bonchev–Trinajstić information content (AvgIpc) is 2.86. The van der Waals surface area contributed by atoms with Crippen LogP contribution in [0.2, 0.25) is 0 Å². The van der Waals surface area contributed by atoms with Crippen LogP contribution in [-0.4, -0.2) is 38.6 Å². The quantitative estimate of drug-likeness (QED) is 0.795. The summed E-state index contributed by atoms with van der Waals surface area (Å²) in [5, 5.41) is 13.3. The molecule has 0 aliphatic heterocycles. The molecule has 0 bridgehead atoms. The molecule has 5 heteroatoms. The number of nitrogens with one attached hydrogen (secondary N) is 1. The predicted octanol–water partition coefficient (Wildman–Crippen LogP) is 1.54. The fourth-order valence-electron chi connectivity index (χ4n) is 1.96. The van der Waals surface area contributed by atoms with Crippen molar-refractivity contribution in [2.75, 3.05) is 27.4 Å². The van der Waals surface area contributed by atoms with Gasteiger partial charge in [0.05, 0.1) is 32.9 Å². The first-order valence-electron chi connectivity index (χ1n) is 6.17. The van der Waals surface area contributed by atoms with Crippen LogP contribution < -0.4 is 10.1 Å². The second-order valence-corrected chi connectivity index (χ2v) is 4.31. The van der Waals surface area contributed by atoms with E-state index >= 15 is 0 Å². The fraction of sp³-hybridized carbons (Fsp3) is 0.429. The standard InChI is InChI=1S/C14H19NO4/c1-17-9-11(8-16)15-7-12-6-10-4-3-5-13(18-2)14(10)19-12/h3-6,11,15-16H,7-9H2,1-2H3. The summed E-state index contributed by atoms with van der Waals surface area (Å²) in [6, 6.07) is 7.63. The molecular formula is C14H19NO4. The first-order chi connectivity index (χ1) is 9.28. The Hall–Kier alpha value is -1.56. The Morgan fingerprint density at radius 3 is 2.89 bits per heavy atom. The summed E-state index contributed by atoms with van der Waals surface area (Å²) < 4.78 is 16.0. The molecule has 0 saturated heterocycles. The summed E-state index contributed by atoms with van der Waals surface area (Å²) in [7, 11) is 3.23. The van der Waals surface area contributed by atoms with Crippen LogP contribution in [-0.2, 0) is 11.3 Å². The summed E-state index contributed by atoms with van der Waals surface area (Å²) in [6.07, 6.45) is 0. The van der Waals surface area contributed by atoms with Gasteiger partial charge in [-0.25, -0.2) is 0 Å². The minimum Gasteiger partial charge on any atom is -0.493 e. The van der Waals surface area contributed by atoms with Gasteiger partial charge in [0.2, 0.25) is 0 Å². The van der Waals surface area contributed by atoms with Crippen molar-refractivity contribution in [1.82, 2.24) is 5.32 Å². The number of aliphatic hydroxyl groups excluding tert-OH is 1. The zero-order valence-electron chi connectivity index (χ0n) is 11.2.